The van der Waals surface area contributed by atoms with Crippen LogP contribution in [0.4, 0.5) is 4.79 Å². The normalized spacial score (nSPS) is 14.2. The summed E-state index contributed by atoms with van der Waals surface area (Å²) in [7, 11) is 0. The number of halogens is 1. The second-order valence-electron chi connectivity index (χ2n) is 7.17. The van der Waals surface area contributed by atoms with Crippen LogP contribution in [0.5, 0.6) is 5.75 Å². The molecule has 0 unspecified atom stereocenters. The van der Waals surface area contributed by atoms with E-state index in [1.807, 2.05) is 12.1 Å². The third kappa shape index (κ3) is 6.59. The standard InChI is InChI=1S/C24H25ClN2O5/c1-2-31-24(30)32-21-11-7-19(8-12-21)23(29)27-15-3-14-26(16-17-27)22(28)13-6-18-4-9-20(25)10-5-18/h4-13H,2-3,14-17H2,1H3/b13-6+. The fraction of sp³-hybridized carbons (Fsp3) is 0.292. The topological polar surface area (TPSA) is 76.2 Å². The van der Waals surface area contributed by atoms with Crippen molar-refractivity contribution in [2.24, 2.45) is 0 Å². The molecule has 0 aromatic heterocycles. The lowest BCUT2D eigenvalue weighted by Gasteiger charge is -2.21. The molecule has 0 N–H and O–H groups in total. The summed E-state index contributed by atoms with van der Waals surface area (Å²) in [4.78, 5) is 40.3. The largest absolute Gasteiger partial charge is 0.513 e. The summed E-state index contributed by atoms with van der Waals surface area (Å²) in [5, 5.41) is 0.645. The van der Waals surface area contributed by atoms with E-state index in [2.05, 4.69) is 0 Å². The Balaban J connectivity index is 1.54. The van der Waals surface area contributed by atoms with Crippen LogP contribution >= 0.6 is 11.6 Å². The van der Waals surface area contributed by atoms with Crippen LogP contribution in [0, 0.1) is 0 Å². The van der Waals surface area contributed by atoms with Gasteiger partial charge in [0.1, 0.15) is 5.75 Å². The lowest BCUT2D eigenvalue weighted by molar-refractivity contribution is -0.125. The minimum Gasteiger partial charge on any atom is -0.434 e. The summed E-state index contributed by atoms with van der Waals surface area (Å²) in [6.45, 7) is 3.96. The molecule has 0 bridgehead atoms. The molecule has 1 heterocycles. The van der Waals surface area contributed by atoms with Crippen molar-refractivity contribution in [2.45, 2.75) is 13.3 Å². The van der Waals surface area contributed by atoms with Crippen molar-refractivity contribution in [1.82, 2.24) is 9.80 Å². The number of nitrogens with zero attached hydrogens (tertiary/aromatic N) is 2. The smallest absolute Gasteiger partial charge is 0.434 e. The quantitative estimate of drug-likeness (QED) is 0.381. The average Bonchev–Trinajstić information content (AvgIpc) is 3.05. The Hall–Kier alpha value is -3.32. The molecule has 32 heavy (non-hydrogen) atoms. The molecule has 0 atom stereocenters. The van der Waals surface area contributed by atoms with Gasteiger partial charge in [-0.1, -0.05) is 23.7 Å². The molecular formula is C24H25ClN2O5. The maximum absolute atomic E-state index is 12.9. The zero-order chi connectivity index (χ0) is 22.9. The third-order valence-electron chi connectivity index (χ3n) is 4.95. The van der Waals surface area contributed by atoms with Gasteiger partial charge >= 0.3 is 6.16 Å². The van der Waals surface area contributed by atoms with E-state index < -0.39 is 6.16 Å². The number of carbonyl (C=O) groups is 3. The van der Waals surface area contributed by atoms with E-state index in [4.69, 9.17) is 21.1 Å². The van der Waals surface area contributed by atoms with Gasteiger partial charge in [0.2, 0.25) is 5.91 Å². The first kappa shape index (κ1) is 23.3. The summed E-state index contributed by atoms with van der Waals surface area (Å²) >= 11 is 5.88. The van der Waals surface area contributed by atoms with Gasteiger partial charge in [0.05, 0.1) is 6.61 Å². The Kier molecular flexibility index (Phi) is 8.27. The number of benzene rings is 2. The molecule has 168 valence electrons. The van der Waals surface area contributed by atoms with E-state index in [0.717, 1.165) is 5.56 Å². The molecular weight excluding hydrogens is 432 g/mol. The number of carbonyl (C=O) groups excluding carboxylic acids is 3. The molecule has 2 aromatic rings. The maximum atomic E-state index is 12.9. The average molecular weight is 457 g/mol. The first-order valence-electron chi connectivity index (χ1n) is 10.4. The summed E-state index contributed by atoms with van der Waals surface area (Å²) in [5.41, 5.74) is 1.38. The fourth-order valence-electron chi connectivity index (χ4n) is 3.28. The van der Waals surface area contributed by atoms with Crippen LogP contribution in [0.3, 0.4) is 0 Å². The molecule has 7 nitrogen and oxygen atoms in total. The Morgan fingerprint density at radius 2 is 1.59 bits per heavy atom. The first-order valence-corrected chi connectivity index (χ1v) is 10.8. The highest BCUT2D eigenvalue weighted by molar-refractivity contribution is 6.30. The lowest BCUT2D eigenvalue weighted by Crippen LogP contribution is -2.36. The van der Waals surface area contributed by atoms with Crippen LogP contribution in [-0.2, 0) is 9.53 Å². The minimum absolute atomic E-state index is 0.0882. The SMILES string of the molecule is CCOC(=O)Oc1ccc(C(=O)N2CCCN(C(=O)/C=C/c3ccc(Cl)cc3)CC2)cc1. The molecule has 1 saturated heterocycles. The Labute approximate surface area is 192 Å². The molecule has 0 aliphatic carbocycles. The molecule has 1 aliphatic rings. The van der Waals surface area contributed by atoms with Crippen LogP contribution in [-0.4, -0.2) is 60.6 Å². The molecule has 1 fully saturated rings. The summed E-state index contributed by atoms with van der Waals surface area (Å²) in [6.07, 6.45) is 3.21. The first-order chi connectivity index (χ1) is 15.5. The summed E-state index contributed by atoms with van der Waals surface area (Å²) < 4.78 is 9.74. The molecule has 8 heteroatoms. The molecule has 0 spiro atoms. The van der Waals surface area contributed by atoms with Crippen LogP contribution in [0.2, 0.25) is 5.02 Å². The van der Waals surface area contributed by atoms with Crippen molar-refractivity contribution in [2.75, 3.05) is 32.8 Å². The zero-order valence-electron chi connectivity index (χ0n) is 17.8. The Morgan fingerprint density at radius 1 is 0.938 bits per heavy atom. The van der Waals surface area contributed by atoms with Gasteiger partial charge < -0.3 is 19.3 Å². The Bertz CT molecular complexity index is 973. The highest BCUT2D eigenvalue weighted by atomic mass is 35.5. The lowest BCUT2D eigenvalue weighted by atomic mass is 10.2. The summed E-state index contributed by atoms with van der Waals surface area (Å²) in [6, 6.07) is 13.6. The van der Waals surface area contributed by atoms with E-state index in [1.165, 1.54) is 0 Å². The fourth-order valence-corrected chi connectivity index (χ4v) is 3.41. The van der Waals surface area contributed by atoms with E-state index in [-0.39, 0.29) is 18.4 Å². The Morgan fingerprint density at radius 3 is 2.28 bits per heavy atom. The van der Waals surface area contributed by atoms with Crippen LogP contribution in [0.1, 0.15) is 29.3 Å². The highest BCUT2D eigenvalue weighted by Gasteiger charge is 2.22. The molecule has 0 radical (unpaired) electrons. The van der Waals surface area contributed by atoms with Gasteiger partial charge in [0.25, 0.3) is 5.91 Å². The van der Waals surface area contributed by atoms with Gasteiger partial charge in [0, 0.05) is 42.8 Å². The molecule has 2 aromatic carbocycles. The highest BCUT2D eigenvalue weighted by Crippen LogP contribution is 2.16. The van der Waals surface area contributed by atoms with Gasteiger partial charge in [-0.3, -0.25) is 9.59 Å². The predicted octanol–water partition coefficient (Wildman–Crippen LogP) is 4.26. The molecule has 1 aliphatic heterocycles. The van der Waals surface area contributed by atoms with Gasteiger partial charge in [-0.15, -0.1) is 0 Å². The predicted molar refractivity (Wildman–Crippen MR) is 122 cm³/mol. The monoisotopic (exact) mass is 456 g/mol. The van der Waals surface area contributed by atoms with Gasteiger partial charge in [-0.05, 0) is 61.4 Å². The number of ether oxygens (including phenoxy) is 2. The number of amides is 2. The van der Waals surface area contributed by atoms with Crippen LogP contribution in [0.25, 0.3) is 6.08 Å². The van der Waals surface area contributed by atoms with Gasteiger partial charge in [-0.2, -0.15) is 0 Å². The molecule has 3 rings (SSSR count). The number of rotatable bonds is 5. The van der Waals surface area contributed by atoms with Crippen molar-refractivity contribution >= 4 is 35.6 Å². The molecule has 2 amide bonds. The van der Waals surface area contributed by atoms with Gasteiger partial charge in [0.15, 0.2) is 0 Å². The summed E-state index contributed by atoms with van der Waals surface area (Å²) in [5.74, 6) is 0.0912. The van der Waals surface area contributed by atoms with Crippen molar-refractivity contribution in [3.8, 4) is 5.75 Å². The van der Waals surface area contributed by atoms with Crippen molar-refractivity contribution in [1.29, 1.82) is 0 Å². The number of hydrogen-bond donors (Lipinski definition) is 0. The zero-order valence-corrected chi connectivity index (χ0v) is 18.6. The second-order valence-corrected chi connectivity index (χ2v) is 7.60. The van der Waals surface area contributed by atoms with E-state index in [1.54, 1.807) is 65.3 Å². The number of hydrogen-bond acceptors (Lipinski definition) is 5. The molecule has 0 saturated carbocycles. The van der Waals surface area contributed by atoms with E-state index >= 15 is 0 Å². The van der Waals surface area contributed by atoms with Crippen LogP contribution < -0.4 is 4.74 Å². The van der Waals surface area contributed by atoms with E-state index in [9.17, 15) is 14.4 Å². The second kappa shape index (κ2) is 11.3. The van der Waals surface area contributed by atoms with Crippen molar-refractivity contribution < 1.29 is 23.9 Å². The van der Waals surface area contributed by atoms with Crippen LogP contribution in [0.15, 0.2) is 54.6 Å². The van der Waals surface area contributed by atoms with E-state index in [0.29, 0.717) is 48.9 Å². The maximum Gasteiger partial charge on any atom is 0.513 e. The van der Waals surface area contributed by atoms with Crippen molar-refractivity contribution in [3.05, 3.63) is 70.8 Å². The third-order valence-corrected chi connectivity index (χ3v) is 5.20. The minimum atomic E-state index is -0.783. The van der Waals surface area contributed by atoms with Gasteiger partial charge in [-0.25, -0.2) is 4.79 Å². The van der Waals surface area contributed by atoms with Crippen molar-refractivity contribution in [3.63, 3.8) is 0 Å².